The Morgan fingerprint density at radius 2 is 2.00 bits per heavy atom. The van der Waals surface area contributed by atoms with Crippen molar-refractivity contribution < 1.29 is 4.79 Å². The molecular formula is C11H22N2O. The van der Waals surface area contributed by atoms with Crippen molar-refractivity contribution in [2.45, 2.75) is 33.2 Å². The Kier molecular flexibility index (Phi) is 3.20. The highest BCUT2D eigenvalue weighted by Crippen LogP contribution is 2.29. The lowest BCUT2D eigenvalue weighted by molar-refractivity contribution is -0.134. The topological polar surface area (TPSA) is 23.6 Å². The van der Waals surface area contributed by atoms with Crippen LogP contribution in [0.25, 0.3) is 0 Å². The Balaban J connectivity index is 2.56. The third-order valence-electron chi connectivity index (χ3n) is 3.12. The van der Waals surface area contributed by atoms with Gasteiger partial charge in [0, 0.05) is 13.1 Å². The first-order valence-corrected chi connectivity index (χ1v) is 5.29. The fourth-order valence-corrected chi connectivity index (χ4v) is 1.79. The van der Waals surface area contributed by atoms with E-state index < -0.39 is 0 Å². The smallest absolute Gasteiger partial charge is 0.239 e. The van der Waals surface area contributed by atoms with E-state index in [-0.39, 0.29) is 11.9 Å². The average Bonchev–Trinajstić information content (AvgIpc) is 2.43. The Labute approximate surface area is 87.1 Å². The molecule has 1 atom stereocenters. The molecule has 1 rings (SSSR count). The maximum Gasteiger partial charge on any atom is 0.239 e. The maximum atomic E-state index is 12.0. The zero-order chi connectivity index (χ0) is 10.9. The fourth-order valence-electron chi connectivity index (χ4n) is 1.79. The first kappa shape index (κ1) is 11.5. The SMILES string of the molecule is CC(C(=O)N1CCC(C)(C)C1)N(C)C. The van der Waals surface area contributed by atoms with Crippen LogP contribution in [0.2, 0.25) is 0 Å². The van der Waals surface area contributed by atoms with Crippen LogP contribution in [0.1, 0.15) is 27.2 Å². The van der Waals surface area contributed by atoms with Crippen LogP contribution >= 0.6 is 0 Å². The molecule has 1 amide bonds. The van der Waals surface area contributed by atoms with Crippen molar-refractivity contribution in [2.24, 2.45) is 5.41 Å². The normalized spacial score (nSPS) is 22.9. The maximum absolute atomic E-state index is 12.0. The standard InChI is InChI=1S/C11H22N2O/c1-9(12(4)5)10(14)13-7-6-11(2,3)8-13/h9H,6-8H2,1-5H3. The van der Waals surface area contributed by atoms with Crippen LogP contribution in [-0.4, -0.2) is 48.9 Å². The van der Waals surface area contributed by atoms with Gasteiger partial charge in [-0.3, -0.25) is 9.69 Å². The van der Waals surface area contributed by atoms with E-state index in [1.165, 1.54) is 0 Å². The number of hydrogen-bond acceptors (Lipinski definition) is 2. The van der Waals surface area contributed by atoms with Crippen LogP contribution in [0, 0.1) is 5.41 Å². The third-order valence-corrected chi connectivity index (χ3v) is 3.12. The summed E-state index contributed by atoms with van der Waals surface area (Å²) >= 11 is 0. The number of carbonyl (C=O) groups is 1. The molecule has 3 nitrogen and oxygen atoms in total. The molecule has 0 aromatic carbocycles. The summed E-state index contributed by atoms with van der Waals surface area (Å²) < 4.78 is 0. The van der Waals surface area contributed by atoms with Gasteiger partial charge in [-0.15, -0.1) is 0 Å². The molecule has 0 aromatic rings. The summed E-state index contributed by atoms with van der Waals surface area (Å²) in [5, 5.41) is 0. The molecule has 0 N–H and O–H groups in total. The van der Waals surface area contributed by atoms with E-state index in [2.05, 4.69) is 13.8 Å². The minimum atomic E-state index is 0.00361. The van der Waals surface area contributed by atoms with Crippen LogP contribution in [0.3, 0.4) is 0 Å². The molecule has 0 spiro atoms. The number of hydrogen-bond donors (Lipinski definition) is 0. The van der Waals surface area contributed by atoms with E-state index in [1.807, 2.05) is 30.8 Å². The van der Waals surface area contributed by atoms with Crippen LogP contribution in [0.15, 0.2) is 0 Å². The quantitative estimate of drug-likeness (QED) is 0.665. The molecule has 1 saturated heterocycles. The minimum absolute atomic E-state index is 0.00361. The summed E-state index contributed by atoms with van der Waals surface area (Å²) in [7, 11) is 3.90. The lowest BCUT2D eigenvalue weighted by atomic mass is 9.93. The van der Waals surface area contributed by atoms with Gasteiger partial charge >= 0.3 is 0 Å². The highest BCUT2D eigenvalue weighted by molar-refractivity contribution is 5.81. The number of nitrogens with zero attached hydrogens (tertiary/aromatic N) is 2. The molecule has 0 saturated carbocycles. The second kappa shape index (κ2) is 3.89. The zero-order valence-corrected chi connectivity index (χ0v) is 10.0. The molecule has 1 aliphatic heterocycles. The lowest BCUT2D eigenvalue weighted by Gasteiger charge is -2.26. The second-order valence-electron chi connectivity index (χ2n) is 5.31. The van der Waals surface area contributed by atoms with Crippen molar-refractivity contribution in [1.82, 2.24) is 9.80 Å². The van der Waals surface area contributed by atoms with Crippen molar-refractivity contribution in [2.75, 3.05) is 27.2 Å². The third kappa shape index (κ3) is 2.47. The van der Waals surface area contributed by atoms with Gasteiger partial charge in [0.15, 0.2) is 0 Å². The van der Waals surface area contributed by atoms with Gasteiger partial charge in [0.1, 0.15) is 0 Å². The van der Waals surface area contributed by atoms with Crippen molar-refractivity contribution in [1.29, 1.82) is 0 Å². The Bertz CT molecular complexity index is 223. The van der Waals surface area contributed by atoms with E-state index in [4.69, 9.17) is 0 Å². The number of likely N-dealkylation sites (N-methyl/N-ethyl adjacent to an activating group) is 1. The van der Waals surface area contributed by atoms with Crippen molar-refractivity contribution in [3.05, 3.63) is 0 Å². The zero-order valence-electron chi connectivity index (χ0n) is 10.0. The molecule has 1 fully saturated rings. The van der Waals surface area contributed by atoms with Gasteiger partial charge < -0.3 is 4.90 Å². The van der Waals surface area contributed by atoms with Gasteiger partial charge in [-0.25, -0.2) is 0 Å². The van der Waals surface area contributed by atoms with E-state index in [1.54, 1.807) is 0 Å². The lowest BCUT2D eigenvalue weighted by Crippen LogP contribution is -2.43. The summed E-state index contributed by atoms with van der Waals surface area (Å²) in [6.45, 7) is 8.24. The Morgan fingerprint density at radius 3 is 2.36 bits per heavy atom. The number of rotatable bonds is 2. The molecule has 0 aliphatic carbocycles. The monoisotopic (exact) mass is 198 g/mol. The van der Waals surface area contributed by atoms with Crippen molar-refractivity contribution >= 4 is 5.91 Å². The summed E-state index contributed by atoms with van der Waals surface area (Å²) in [5.41, 5.74) is 0.307. The summed E-state index contributed by atoms with van der Waals surface area (Å²) in [4.78, 5) is 15.9. The number of likely N-dealkylation sites (tertiary alicyclic amines) is 1. The molecule has 0 radical (unpaired) electrons. The predicted molar refractivity (Wildman–Crippen MR) is 58.1 cm³/mol. The van der Waals surface area contributed by atoms with E-state index in [9.17, 15) is 4.79 Å². The van der Waals surface area contributed by atoms with E-state index in [0.717, 1.165) is 19.5 Å². The first-order chi connectivity index (χ1) is 6.33. The van der Waals surface area contributed by atoms with Crippen LogP contribution < -0.4 is 0 Å². The molecule has 1 unspecified atom stereocenters. The number of amides is 1. The molecule has 82 valence electrons. The molecule has 0 aromatic heterocycles. The molecular weight excluding hydrogens is 176 g/mol. The summed E-state index contributed by atoms with van der Waals surface area (Å²) in [6.07, 6.45) is 1.12. The van der Waals surface area contributed by atoms with Crippen molar-refractivity contribution in [3.63, 3.8) is 0 Å². The molecule has 3 heteroatoms. The first-order valence-electron chi connectivity index (χ1n) is 5.29. The van der Waals surface area contributed by atoms with Crippen LogP contribution in [0.4, 0.5) is 0 Å². The summed E-state index contributed by atoms with van der Waals surface area (Å²) in [5.74, 6) is 0.264. The van der Waals surface area contributed by atoms with E-state index >= 15 is 0 Å². The second-order valence-corrected chi connectivity index (χ2v) is 5.31. The summed E-state index contributed by atoms with van der Waals surface area (Å²) in [6, 6.07) is 0.00361. The molecule has 14 heavy (non-hydrogen) atoms. The van der Waals surface area contributed by atoms with Crippen LogP contribution in [-0.2, 0) is 4.79 Å². The van der Waals surface area contributed by atoms with Gasteiger partial charge in [-0.2, -0.15) is 0 Å². The van der Waals surface area contributed by atoms with Gasteiger partial charge in [0.25, 0.3) is 0 Å². The van der Waals surface area contributed by atoms with Crippen molar-refractivity contribution in [3.8, 4) is 0 Å². The van der Waals surface area contributed by atoms with Crippen LogP contribution in [0.5, 0.6) is 0 Å². The number of carbonyl (C=O) groups excluding carboxylic acids is 1. The Morgan fingerprint density at radius 1 is 1.43 bits per heavy atom. The van der Waals surface area contributed by atoms with Gasteiger partial charge in [0.2, 0.25) is 5.91 Å². The highest BCUT2D eigenvalue weighted by Gasteiger charge is 2.33. The Hall–Kier alpha value is -0.570. The van der Waals surface area contributed by atoms with Gasteiger partial charge in [0.05, 0.1) is 6.04 Å². The molecule has 1 heterocycles. The molecule has 0 bridgehead atoms. The van der Waals surface area contributed by atoms with Gasteiger partial charge in [-0.05, 0) is 32.9 Å². The van der Waals surface area contributed by atoms with E-state index in [0.29, 0.717) is 5.41 Å². The van der Waals surface area contributed by atoms with Gasteiger partial charge in [-0.1, -0.05) is 13.8 Å². The average molecular weight is 198 g/mol. The molecule has 1 aliphatic rings. The largest absolute Gasteiger partial charge is 0.341 e. The fraction of sp³-hybridized carbons (Fsp3) is 0.909. The highest BCUT2D eigenvalue weighted by atomic mass is 16.2. The predicted octanol–water partition coefficient (Wildman–Crippen LogP) is 1.19. The minimum Gasteiger partial charge on any atom is -0.341 e.